The predicted molar refractivity (Wildman–Crippen MR) is 93.4 cm³/mol. The molecule has 1 fully saturated rings. The lowest BCUT2D eigenvalue weighted by molar-refractivity contribution is 0.0440. The van der Waals surface area contributed by atoms with Crippen molar-refractivity contribution in [2.45, 2.75) is 26.5 Å². The molecule has 1 unspecified atom stereocenters. The Morgan fingerprint density at radius 1 is 1.20 bits per heavy atom. The maximum absolute atomic E-state index is 10.2. The molecule has 0 saturated carbocycles. The maximum atomic E-state index is 10.2. The van der Waals surface area contributed by atoms with Gasteiger partial charge in [0, 0.05) is 39.6 Å². The van der Waals surface area contributed by atoms with E-state index in [2.05, 4.69) is 19.9 Å². The van der Waals surface area contributed by atoms with Crippen LogP contribution in [0.4, 0.5) is 0 Å². The molecule has 0 aliphatic carbocycles. The van der Waals surface area contributed by atoms with Gasteiger partial charge in [0.2, 0.25) is 5.89 Å². The molecule has 1 aliphatic heterocycles. The van der Waals surface area contributed by atoms with Crippen LogP contribution in [-0.4, -0.2) is 70.5 Å². The molecule has 0 radical (unpaired) electrons. The summed E-state index contributed by atoms with van der Waals surface area (Å²) in [5, 5.41) is 14.2. The molecule has 1 aromatic heterocycles. The third kappa shape index (κ3) is 5.52. The molecule has 1 aliphatic rings. The van der Waals surface area contributed by atoms with E-state index in [0.29, 0.717) is 25.6 Å². The summed E-state index contributed by atoms with van der Waals surface area (Å²) in [5.41, 5.74) is 1.15. The minimum absolute atomic E-state index is 0.311. The molecule has 0 bridgehead atoms. The number of aliphatic hydroxyl groups excluding tert-OH is 1. The van der Waals surface area contributed by atoms with Crippen LogP contribution in [0, 0.1) is 13.8 Å². The fourth-order valence-electron chi connectivity index (χ4n) is 2.98. The number of nitrogens with zero attached hydrogens (tertiary/aromatic N) is 4. The van der Waals surface area contributed by atoms with Gasteiger partial charge in [-0.3, -0.25) is 9.80 Å². The van der Waals surface area contributed by atoms with E-state index in [1.807, 2.05) is 31.2 Å². The summed E-state index contributed by atoms with van der Waals surface area (Å²) in [7, 11) is 0. The average Bonchev–Trinajstić information content (AvgIpc) is 3.00. The van der Waals surface area contributed by atoms with Crippen LogP contribution in [0.1, 0.15) is 17.3 Å². The Morgan fingerprint density at radius 2 is 1.96 bits per heavy atom. The van der Waals surface area contributed by atoms with Gasteiger partial charge in [-0.15, -0.1) is 0 Å². The van der Waals surface area contributed by atoms with Crippen molar-refractivity contribution in [2.24, 2.45) is 0 Å². The van der Waals surface area contributed by atoms with Crippen molar-refractivity contribution in [2.75, 3.05) is 39.3 Å². The molecule has 0 spiro atoms. The Kier molecular flexibility index (Phi) is 6.01. The van der Waals surface area contributed by atoms with Crippen molar-refractivity contribution >= 4 is 0 Å². The fourth-order valence-corrected chi connectivity index (χ4v) is 2.98. The zero-order chi connectivity index (χ0) is 17.6. The summed E-state index contributed by atoms with van der Waals surface area (Å²) in [6, 6.07) is 7.88. The minimum atomic E-state index is -0.494. The molecule has 7 heteroatoms. The van der Waals surface area contributed by atoms with E-state index < -0.39 is 6.10 Å². The van der Waals surface area contributed by atoms with E-state index in [1.165, 1.54) is 0 Å². The Balaban J connectivity index is 1.36. The molecule has 1 N–H and O–H groups in total. The molecule has 1 atom stereocenters. The number of rotatable bonds is 7. The molecule has 2 aromatic rings. The summed E-state index contributed by atoms with van der Waals surface area (Å²) in [6.45, 7) is 9.17. The standard InChI is InChI=1S/C18H26N4O3/c1-14-4-3-5-17(10-14)24-13-16(23)11-21-6-8-22(9-7-21)12-18-19-15(2)25-20-18/h3-5,10,16,23H,6-9,11-13H2,1-2H3. The first-order valence-corrected chi connectivity index (χ1v) is 8.70. The second kappa shape index (κ2) is 8.42. The minimum Gasteiger partial charge on any atom is -0.491 e. The Bertz CT molecular complexity index is 668. The fraction of sp³-hybridized carbons (Fsp3) is 0.556. The highest BCUT2D eigenvalue weighted by atomic mass is 16.5. The van der Waals surface area contributed by atoms with Gasteiger partial charge in [0.15, 0.2) is 5.82 Å². The molecule has 25 heavy (non-hydrogen) atoms. The Morgan fingerprint density at radius 3 is 2.64 bits per heavy atom. The Hall–Kier alpha value is -1.96. The number of piperazine rings is 1. The highest BCUT2D eigenvalue weighted by Crippen LogP contribution is 2.13. The number of benzene rings is 1. The van der Waals surface area contributed by atoms with Crippen LogP contribution in [0.2, 0.25) is 0 Å². The normalized spacial score (nSPS) is 17.6. The smallest absolute Gasteiger partial charge is 0.223 e. The van der Waals surface area contributed by atoms with Gasteiger partial charge >= 0.3 is 0 Å². The second-order valence-electron chi connectivity index (χ2n) is 6.59. The van der Waals surface area contributed by atoms with Crippen molar-refractivity contribution in [3.05, 3.63) is 41.5 Å². The van der Waals surface area contributed by atoms with Gasteiger partial charge in [-0.1, -0.05) is 17.3 Å². The zero-order valence-corrected chi connectivity index (χ0v) is 14.9. The topological polar surface area (TPSA) is 74.9 Å². The average molecular weight is 346 g/mol. The number of aromatic nitrogens is 2. The molecule has 1 aromatic carbocycles. The third-order valence-electron chi connectivity index (χ3n) is 4.30. The van der Waals surface area contributed by atoms with Crippen LogP contribution in [0.5, 0.6) is 5.75 Å². The molecular weight excluding hydrogens is 320 g/mol. The van der Waals surface area contributed by atoms with E-state index in [4.69, 9.17) is 9.26 Å². The number of β-amino-alcohol motifs (C(OH)–C–C–N with tert-alkyl or cyclic N) is 1. The van der Waals surface area contributed by atoms with Crippen LogP contribution < -0.4 is 4.74 Å². The second-order valence-corrected chi connectivity index (χ2v) is 6.59. The molecule has 3 rings (SSSR count). The van der Waals surface area contributed by atoms with Gasteiger partial charge in [-0.25, -0.2) is 0 Å². The number of hydrogen-bond donors (Lipinski definition) is 1. The maximum Gasteiger partial charge on any atom is 0.223 e. The highest BCUT2D eigenvalue weighted by molar-refractivity contribution is 5.27. The van der Waals surface area contributed by atoms with Crippen molar-refractivity contribution in [3.8, 4) is 5.75 Å². The van der Waals surface area contributed by atoms with Gasteiger partial charge in [-0.2, -0.15) is 4.98 Å². The van der Waals surface area contributed by atoms with Crippen LogP contribution in [-0.2, 0) is 6.54 Å². The van der Waals surface area contributed by atoms with E-state index in [-0.39, 0.29) is 0 Å². The lowest BCUT2D eigenvalue weighted by Crippen LogP contribution is -2.48. The highest BCUT2D eigenvalue weighted by Gasteiger charge is 2.20. The summed E-state index contributed by atoms with van der Waals surface area (Å²) in [6.07, 6.45) is -0.494. The van der Waals surface area contributed by atoms with Gasteiger partial charge in [-0.05, 0) is 24.6 Å². The van der Waals surface area contributed by atoms with Gasteiger partial charge in [0.1, 0.15) is 18.5 Å². The third-order valence-corrected chi connectivity index (χ3v) is 4.30. The SMILES string of the molecule is Cc1cccc(OCC(O)CN2CCN(Cc3noc(C)n3)CC2)c1. The van der Waals surface area contributed by atoms with Crippen molar-refractivity contribution in [3.63, 3.8) is 0 Å². The largest absolute Gasteiger partial charge is 0.491 e. The van der Waals surface area contributed by atoms with Crippen LogP contribution in [0.3, 0.4) is 0 Å². The number of aliphatic hydroxyl groups is 1. The van der Waals surface area contributed by atoms with Gasteiger partial charge < -0.3 is 14.4 Å². The summed E-state index contributed by atoms with van der Waals surface area (Å²) < 4.78 is 10.7. The number of hydrogen-bond acceptors (Lipinski definition) is 7. The summed E-state index contributed by atoms with van der Waals surface area (Å²) >= 11 is 0. The molecule has 7 nitrogen and oxygen atoms in total. The lowest BCUT2D eigenvalue weighted by Gasteiger charge is -2.34. The van der Waals surface area contributed by atoms with Crippen molar-refractivity contribution in [1.82, 2.24) is 19.9 Å². The zero-order valence-electron chi connectivity index (χ0n) is 14.9. The summed E-state index contributed by atoms with van der Waals surface area (Å²) in [5.74, 6) is 2.14. The molecule has 136 valence electrons. The Labute approximate surface area is 148 Å². The summed E-state index contributed by atoms with van der Waals surface area (Å²) in [4.78, 5) is 8.81. The lowest BCUT2D eigenvalue weighted by atomic mass is 10.2. The first-order valence-electron chi connectivity index (χ1n) is 8.70. The molecule has 0 amide bonds. The van der Waals surface area contributed by atoms with E-state index in [1.54, 1.807) is 6.92 Å². The number of aryl methyl sites for hydroxylation is 2. The first kappa shape index (κ1) is 17.8. The van der Waals surface area contributed by atoms with Crippen LogP contribution in [0.15, 0.2) is 28.8 Å². The number of ether oxygens (including phenoxy) is 1. The van der Waals surface area contributed by atoms with Crippen molar-refractivity contribution < 1.29 is 14.4 Å². The molecule has 2 heterocycles. The molecule has 1 saturated heterocycles. The van der Waals surface area contributed by atoms with Crippen LogP contribution >= 0.6 is 0 Å². The molecular formula is C18H26N4O3. The van der Waals surface area contributed by atoms with Crippen LogP contribution in [0.25, 0.3) is 0 Å². The van der Waals surface area contributed by atoms with E-state index in [0.717, 1.165) is 43.3 Å². The quantitative estimate of drug-likeness (QED) is 0.808. The predicted octanol–water partition coefficient (Wildman–Crippen LogP) is 1.24. The monoisotopic (exact) mass is 346 g/mol. The van der Waals surface area contributed by atoms with E-state index in [9.17, 15) is 5.11 Å². The first-order chi connectivity index (χ1) is 12.1. The van der Waals surface area contributed by atoms with Gasteiger partial charge in [0.25, 0.3) is 0 Å². The van der Waals surface area contributed by atoms with E-state index >= 15 is 0 Å². The van der Waals surface area contributed by atoms with Crippen molar-refractivity contribution in [1.29, 1.82) is 0 Å². The van der Waals surface area contributed by atoms with Gasteiger partial charge in [0.05, 0.1) is 6.54 Å².